The molecule has 0 bridgehead atoms. The molecule has 1 N–H and O–H groups in total. The van der Waals surface area contributed by atoms with Crippen LogP contribution in [0.3, 0.4) is 0 Å². The number of thiazole rings is 1. The number of aromatic nitrogens is 1. The molecule has 9 heteroatoms. The summed E-state index contributed by atoms with van der Waals surface area (Å²) in [5.74, 6) is -0.492. The highest BCUT2D eigenvalue weighted by Crippen LogP contribution is 2.28. The van der Waals surface area contributed by atoms with E-state index in [9.17, 15) is 13.2 Å². The highest BCUT2D eigenvalue weighted by Gasteiger charge is 2.33. The molecule has 1 amide bonds. The van der Waals surface area contributed by atoms with E-state index in [2.05, 4.69) is 10.3 Å². The van der Waals surface area contributed by atoms with E-state index in [1.807, 2.05) is 25.1 Å². The molecular formula is C18H19N3O3S3. The van der Waals surface area contributed by atoms with Gasteiger partial charge in [0.2, 0.25) is 5.91 Å². The maximum Gasteiger partial charge on any atom is 0.252 e. The Morgan fingerprint density at radius 1 is 1.33 bits per heavy atom. The molecule has 1 fully saturated rings. The summed E-state index contributed by atoms with van der Waals surface area (Å²) in [6.07, 6.45) is 1.36. The number of aryl methyl sites for hydroxylation is 1. The molecular weight excluding hydrogens is 402 g/mol. The Bertz CT molecular complexity index is 1070. The third-order valence-corrected chi connectivity index (χ3v) is 8.78. The van der Waals surface area contributed by atoms with E-state index in [0.717, 1.165) is 20.9 Å². The first-order valence-electron chi connectivity index (χ1n) is 8.65. The molecule has 1 unspecified atom stereocenters. The maximum atomic E-state index is 12.7. The normalized spacial score (nSPS) is 18.6. The Balaban J connectivity index is 1.48. The van der Waals surface area contributed by atoms with Crippen LogP contribution in [0.4, 0.5) is 5.69 Å². The van der Waals surface area contributed by atoms with Crippen LogP contribution in [0, 0.1) is 12.8 Å². The van der Waals surface area contributed by atoms with Crippen LogP contribution < -0.4 is 5.32 Å². The number of carbonyl (C=O) groups is 1. The Labute approximate surface area is 165 Å². The molecule has 1 aliphatic rings. The summed E-state index contributed by atoms with van der Waals surface area (Å²) in [7, 11) is -3.52. The number of thiophene rings is 1. The molecule has 27 heavy (non-hydrogen) atoms. The van der Waals surface area contributed by atoms with Crippen LogP contribution >= 0.6 is 22.7 Å². The lowest BCUT2D eigenvalue weighted by molar-refractivity contribution is -0.120. The fourth-order valence-corrected chi connectivity index (χ4v) is 6.81. The van der Waals surface area contributed by atoms with Gasteiger partial charge in [0, 0.05) is 18.8 Å². The molecule has 142 valence electrons. The Morgan fingerprint density at radius 2 is 2.19 bits per heavy atom. The van der Waals surface area contributed by atoms with Gasteiger partial charge in [-0.2, -0.15) is 4.31 Å². The second-order valence-electron chi connectivity index (χ2n) is 6.54. The summed E-state index contributed by atoms with van der Waals surface area (Å²) < 4.78 is 28.2. The van der Waals surface area contributed by atoms with Crippen molar-refractivity contribution in [2.24, 2.45) is 5.92 Å². The molecule has 4 rings (SSSR count). The zero-order valence-electron chi connectivity index (χ0n) is 14.7. The summed E-state index contributed by atoms with van der Waals surface area (Å²) in [6.45, 7) is 2.62. The lowest BCUT2D eigenvalue weighted by Crippen LogP contribution is -2.43. The highest BCUT2D eigenvalue weighted by atomic mass is 32.2. The van der Waals surface area contributed by atoms with Gasteiger partial charge in [0.15, 0.2) is 0 Å². The number of hydrogen-bond donors (Lipinski definition) is 1. The molecule has 2 aromatic heterocycles. The van der Waals surface area contributed by atoms with Crippen LogP contribution in [0.2, 0.25) is 0 Å². The minimum Gasteiger partial charge on any atom is -0.326 e. The molecule has 6 nitrogen and oxygen atoms in total. The number of sulfonamides is 1. The summed E-state index contributed by atoms with van der Waals surface area (Å²) in [5, 5.41) is 5.67. The summed E-state index contributed by atoms with van der Waals surface area (Å²) in [6, 6.07) is 8.98. The fourth-order valence-electron chi connectivity index (χ4n) is 3.27. The predicted octanol–water partition coefficient (Wildman–Crippen LogP) is 3.71. The van der Waals surface area contributed by atoms with Gasteiger partial charge in [0.05, 0.1) is 21.1 Å². The molecule has 0 spiro atoms. The van der Waals surface area contributed by atoms with E-state index in [1.165, 1.54) is 15.6 Å². The number of hydrogen-bond acceptors (Lipinski definition) is 6. The van der Waals surface area contributed by atoms with Gasteiger partial charge in [-0.1, -0.05) is 6.07 Å². The van der Waals surface area contributed by atoms with Gasteiger partial charge < -0.3 is 5.32 Å². The van der Waals surface area contributed by atoms with Crippen LogP contribution in [-0.4, -0.2) is 36.7 Å². The number of anilines is 1. The van der Waals surface area contributed by atoms with E-state index in [0.29, 0.717) is 23.6 Å². The van der Waals surface area contributed by atoms with Gasteiger partial charge in [-0.15, -0.1) is 22.7 Å². The monoisotopic (exact) mass is 421 g/mol. The third kappa shape index (κ3) is 3.77. The van der Waals surface area contributed by atoms with Crippen molar-refractivity contribution in [3.05, 3.63) is 40.7 Å². The second kappa shape index (κ2) is 7.31. The molecule has 0 saturated carbocycles. The number of benzene rings is 1. The lowest BCUT2D eigenvalue weighted by Gasteiger charge is -2.30. The number of piperidine rings is 1. The Hall–Kier alpha value is -1.81. The number of nitrogens with one attached hydrogen (secondary N) is 1. The molecule has 0 radical (unpaired) electrons. The van der Waals surface area contributed by atoms with Gasteiger partial charge in [-0.25, -0.2) is 13.4 Å². The average Bonchev–Trinajstić information content (AvgIpc) is 3.30. The van der Waals surface area contributed by atoms with Crippen LogP contribution in [0.1, 0.15) is 17.8 Å². The maximum absolute atomic E-state index is 12.7. The first-order chi connectivity index (χ1) is 12.9. The SMILES string of the molecule is Cc1nc2ccc(NC(=O)C3CCCN(S(=O)(=O)c4cccs4)C3)cc2s1. The number of amides is 1. The Kier molecular flexibility index (Phi) is 5.02. The van der Waals surface area contributed by atoms with Crippen molar-refractivity contribution in [2.75, 3.05) is 18.4 Å². The van der Waals surface area contributed by atoms with Crippen molar-refractivity contribution in [2.45, 2.75) is 24.0 Å². The van der Waals surface area contributed by atoms with E-state index in [-0.39, 0.29) is 18.4 Å². The molecule has 0 aliphatic carbocycles. The van der Waals surface area contributed by atoms with Crippen molar-refractivity contribution in [1.82, 2.24) is 9.29 Å². The van der Waals surface area contributed by atoms with E-state index in [4.69, 9.17) is 0 Å². The minimum atomic E-state index is -3.52. The summed E-state index contributed by atoms with van der Waals surface area (Å²) >= 11 is 2.79. The standard InChI is InChI=1S/C18H19N3O3S3/c1-12-19-15-7-6-14(10-16(15)26-12)20-18(22)13-4-2-8-21(11-13)27(23,24)17-5-3-9-25-17/h3,5-7,9-10,13H,2,4,8,11H2,1H3,(H,20,22). The number of nitrogens with zero attached hydrogens (tertiary/aromatic N) is 2. The number of rotatable bonds is 4. The van der Waals surface area contributed by atoms with Crippen molar-refractivity contribution in [3.8, 4) is 0 Å². The van der Waals surface area contributed by atoms with Crippen LogP contribution in [0.5, 0.6) is 0 Å². The van der Waals surface area contributed by atoms with E-state index >= 15 is 0 Å². The molecule has 1 saturated heterocycles. The average molecular weight is 422 g/mol. The third-order valence-electron chi connectivity index (χ3n) is 4.61. The first kappa shape index (κ1) is 18.5. The predicted molar refractivity (Wildman–Crippen MR) is 109 cm³/mol. The minimum absolute atomic E-state index is 0.137. The smallest absolute Gasteiger partial charge is 0.252 e. The van der Waals surface area contributed by atoms with E-state index in [1.54, 1.807) is 28.8 Å². The topological polar surface area (TPSA) is 79.4 Å². The number of carbonyl (C=O) groups excluding carboxylic acids is 1. The molecule has 1 atom stereocenters. The second-order valence-corrected chi connectivity index (χ2v) is 10.9. The zero-order chi connectivity index (χ0) is 19.0. The molecule has 3 heterocycles. The van der Waals surface area contributed by atoms with Gasteiger partial charge in [-0.05, 0) is 49.4 Å². The quantitative estimate of drug-likeness (QED) is 0.697. The van der Waals surface area contributed by atoms with Crippen molar-refractivity contribution >= 4 is 54.5 Å². The summed E-state index contributed by atoms with van der Waals surface area (Å²) in [5.41, 5.74) is 1.63. The highest BCUT2D eigenvalue weighted by molar-refractivity contribution is 7.91. The zero-order valence-corrected chi connectivity index (χ0v) is 17.2. The molecule has 1 aromatic carbocycles. The summed E-state index contributed by atoms with van der Waals surface area (Å²) in [4.78, 5) is 17.1. The van der Waals surface area contributed by atoms with Gasteiger partial charge in [-0.3, -0.25) is 4.79 Å². The Morgan fingerprint density at radius 3 is 2.96 bits per heavy atom. The van der Waals surface area contributed by atoms with Crippen LogP contribution in [-0.2, 0) is 14.8 Å². The van der Waals surface area contributed by atoms with Crippen LogP contribution in [0.15, 0.2) is 39.9 Å². The molecule has 1 aliphatic heterocycles. The molecule has 3 aromatic rings. The van der Waals surface area contributed by atoms with Gasteiger partial charge >= 0.3 is 0 Å². The van der Waals surface area contributed by atoms with E-state index < -0.39 is 10.0 Å². The van der Waals surface area contributed by atoms with Crippen molar-refractivity contribution in [3.63, 3.8) is 0 Å². The van der Waals surface area contributed by atoms with Crippen molar-refractivity contribution in [1.29, 1.82) is 0 Å². The van der Waals surface area contributed by atoms with Crippen LogP contribution in [0.25, 0.3) is 10.2 Å². The number of fused-ring (bicyclic) bond motifs is 1. The fraction of sp³-hybridized carbons (Fsp3) is 0.333. The lowest BCUT2D eigenvalue weighted by atomic mass is 9.99. The van der Waals surface area contributed by atoms with Gasteiger partial charge in [0.25, 0.3) is 10.0 Å². The first-order valence-corrected chi connectivity index (χ1v) is 11.8. The van der Waals surface area contributed by atoms with Gasteiger partial charge in [0.1, 0.15) is 4.21 Å². The van der Waals surface area contributed by atoms with Crippen molar-refractivity contribution < 1.29 is 13.2 Å². The largest absolute Gasteiger partial charge is 0.326 e.